The first-order chi connectivity index (χ1) is 13.7. The number of ether oxygens (including phenoxy) is 2. The van der Waals surface area contributed by atoms with Crippen LogP contribution >= 0.6 is 0 Å². The van der Waals surface area contributed by atoms with Crippen LogP contribution in [-0.2, 0) is 23.9 Å². The first kappa shape index (κ1) is 21.0. The maximum absolute atomic E-state index is 13.6. The number of anilines is 1. The Hall–Kier alpha value is -2.70. The fourth-order valence-electron chi connectivity index (χ4n) is 3.42. The molecule has 7 heteroatoms. The van der Waals surface area contributed by atoms with Gasteiger partial charge in [-0.05, 0) is 67.0 Å². The van der Waals surface area contributed by atoms with Gasteiger partial charge in [-0.3, -0.25) is 5.32 Å². The predicted octanol–water partition coefficient (Wildman–Crippen LogP) is 6.21. The summed E-state index contributed by atoms with van der Waals surface area (Å²) in [6.07, 6.45) is -2.64. The van der Waals surface area contributed by atoms with E-state index in [1.807, 2.05) is 19.1 Å². The van der Waals surface area contributed by atoms with Crippen LogP contribution in [0.2, 0.25) is 0 Å². The molecule has 1 fully saturated rings. The Kier molecular flexibility index (Phi) is 6.05. The number of hydrogen-bond donors (Lipinski definition) is 1. The summed E-state index contributed by atoms with van der Waals surface area (Å²) in [6, 6.07) is 8.02. The van der Waals surface area contributed by atoms with Crippen LogP contribution in [0.5, 0.6) is 5.75 Å². The highest BCUT2D eigenvalue weighted by molar-refractivity contribution is 5.86. The molecule has 3 rings (SSSR count). The molecule has 1 aliphatic carbocycles. The summed E-state index contributed by atoms with van der Waals surface area (Å²) in [5, 5.41) is 2.63. The van der Waals surface area contributed by atoms with Crippen LogP contribution in [-0.4, -0.2) is 13.2 Å². The van der Waals surface area contributed by atoms with Gasteiger partial charge in [0.1, 0.15) is 12.4 Å². The molecule has 1 amide bonds. The van der Waals surface area contributed by atoms with E-state index in [0.29, 0.717) is 29.2 Å². The van der Waals surface area contributed by atoms with E-state index in [0.717, 1.165) is 30.0 Å². The minimum atomic E-state index is -4.52. The Morgan fingerprint density at radius 2 is 1.97 bits per heavy atom. The van der Waals surface area contributed by atoms with E-state index >= 15 is 0 Å². The van der Waals surface area contributed by atoms with Crippen molar-refractivity contribution < 1.29 is 27.4 Å². The van der Waals surface area contributed by atoms with Gasteiger partial charge in [0.25, 0.3) is 0 Å². The maximum Gasteiger partial charge on any atom is 0.419 e. The lowest BCUT2D eigenvalue weighted by molar-refractivity contribution is -0.139. The van der Waals surface area contributed by atoms with Crippen molar-refractivity contribution in [1.29, 1.82) is 0 Å². The topological polar surface area (TPSA) is 47.6 Å². The van der Waals surface area contributed by atoms with Gasteiger partial charge in [-0.2, -0.15) is 13.2 Å². The summed E-state index contributed by atoms with van der Waals surface area (Å²) in [7, 11) is 1.25. The molecule has 29 heavy (non-hydrogen) atoms. The van der Waals surface area contributed by atoms with Crippen LogP contribution in [0.15, 0.2) is 30.3 Å². The quantitative estimate of drug-likeness (QED) is 0.619. The number of hydrogen-bond acceptors (Lipinski definition) is 3. The molecule has 1 aliphatic rings. The molecule has 0 aromatic heterocycles. The summed E-state index contributed by atoms with van der Waals surface area (Å²) in [5.41, 5.74) is 2.73. The molecule has 2 aromatic carbocycles. The number of halogens is 3. The smallest absolute Gasteiger partial charge is 0.419 e. The van der Waals surface area contributed by atoms with Gasteiger partial charge in [0.05, 0.1) is 18.4 Å². The third kappa shape index (κ3) is 4.83. The Labute approximate surface area is 168 Å². The lowest BCUT2D eigenvalue weighted by Crippen LogP contribution is -2.15. The number of carbonyl (C=O) groups is 1. The summed E-state index contributed by atoms with van der Waals surface area (Å²) in [6.45, 7) is 3.51. The van der Waals surface area contributed by atoms with E-state index in [4.69, 9.17) is 4.74 Å². The average Bonchev–Trinajstić information content (AvgIpc) is 3.50. The van der Waals surface area contributed by atoms with Crippen molar-refractivity contribution in [3.05, 3.63) is 58.1 Å². The standard InChI is InChI=1S/C22H24F3NO3/c1-4-14-11-18(22(23,24)25)20(10-13(14)2)29-12-17-16(15-8-9-15)6-5-7-19(17)26-21(27)28-3/h5-7,10-11,15H,4,8-9,12H2,1-3H3,(H,26,27). The molecule has 0 heterocycles. The highest BCUT2D eigenvalue weighted by Crippen LogP contribution is 2.44. The van der Waals surface area contributed by atoms with Crippen molar-refractivity contribution in [3.8, 4) is 5.75 Å². The number of methoxy groups -OCH3 is 1. The van der Waals surface area contributed by atoms with E-state index < -0.39 is 17.8 Å². The Morgan fingerprint density at radius 1 is 1.24 bits per heavy atom. The third-order valence-corrected chi connectivity index (χ3v) is 5.15. The second-order valence-electron chi connectivity index (χ2n) is 7.18. The molecule has 0 unspecified atom stereocenters. The Morgan fingerprint density at radius 3 is 2.55 bits per heavy atom. The molecule has 2 aromatic rings. The molecule has 1 N–H and O–H groups in total. The van der Waals surface area contributed by atoms with Gasteiger partial charge in [-0.15, -0.1) is 0 Å². The average molecular weight is 407 g/mol. The molecule has 0 saturated heterocycles. The van der Waals surface area contributed by atoms with Crippen LogP contribution in [0.1, 0.15) is 53.5 Å². The normalized spacial score (nSPS) is 13.9. The SMILES string of the molecule is CCc1cc(C(F)(F)F)c(OCc2c(NC(=O)OC)cccc2C2CC2)cc1C. The van der Waals surface area contributed by atoms with E-state index in [1.165, 1.54) is 13.2 Å². The number of carbonyl (C=O) groups excluding carboxylic acids is 1. The van der Waals surface area contributed by atoms with Crippen LogP contribution in [0.3, 0.4) is 0 Å². The molecule has 0 bridgehead atoms. The number of aryl methyl sites for hydroxylation is 2. The van der Waals surface area contributed by atoms with E-state index in [1.54, 1.807) is 13.0 Å². The van der Waals surface area contributed by atoms with E-state index in [9.17, 15) is 18.0 Å². The molecule has 4 nitrogen and oxygen atoms in total. The van der Waals surface area contributed by atoms with Crippen molar-refractivity contribution in [3.63, 3.8) is 0 Å². The van der Waals surface area contributed by atoms with Crippen LogP contribution in [0.25, 0.3) is 0 Å². The largest absolute Gasteiger partial charge is 0.488 e. The van der Waals surface area contributed by atoms with Gasteiger partial charge < -0.3 is 9.47 Å². The Balaban J connectivity index is 1.95. The van der Waals surface area contributed by atoms with Crippen LogP contribution in [0.4, 0.5) is 23.7 Å². The van der Waals surface area contributed by atoms with Crippen LogP contribution in [0, 0.1) is 6.92 Å². The monoisotopic (exact) mass is 407 g/mol. The minimum absolute atomic E-state index is 0.0833. The summed E-state index contributed by atoms with van der Waals surface area (Å²) >= 11 is 0. The molecular weight excluding hydrogens is 383 g/mol. The number of amides is 1. The summed E-state index contributed by atoms with van der Waals surface area (Å²) in [5.74, 6) is 0.126. The molecule has 156 valence electrons. The minimum Gasteiger partial charge on any atom is -0.488 e. The van der Waals surface area contributed by atoms with Gasteiger partial charge in [-0.1, -0.05) is 19.1 Å². The number of nitrogens with one attached hydrogen (secondary N) is 1. The van der Waals surface area contributed by atoms with Crippen LogP contribution < -0.4 is 10.1 Å². The summed E-state index contributed by atoms with van der Waals surface area (Å²) < 4.78 is 51.1. The number of alkyl halides is 3. The second-order valence-corrected chi connectivity index (χ2v) is 7.18. The number of rotatable bonds is 6. The first-order valence-electron chi connectivity index (χ1n) is 9.54. The fourth-order valence-corrected chi connectivity index (χ4v) is 3.42. The van der Waals surface area contributed by atoms with Gasteiger partial charge in [0, 0.05) is 5.56 Å². The lowest BCUT2D eigenvalue weighted by Gasteiger charge is -2.19. The zero-order valence-corrected chi connectivity index (χ0v) is 16.7. The Bertz CT molecular complexity index is 905. The summed E-state index contributed by atoms with van der Waals surface area (Å²) in [4.78, 5) is 11.7. The fraction of sp³-hybridized carbons (Fsp3) is 0.409. The van der Waals surface area contributed by atoms with Gasteiger partial charge in [-0.25, -0.2) is 4.79 Å². The highest BCUT2D eigenvalue weighted by atomic mass is 19.4. The van der Waals surface area contributed by atoms with Crippen molar-refractivity contribution in [1.82, 2.24) is 0 Å². The zero-order chi connectivity index (χ0) is 21.2. The van der Waals surface area contributed by atoms with Crippen molar-refractivity contribution in [2.75, 3.05) is 12.4 Å². The molecule has 0 spiro atoms. The van der Waals surface area contributed by atoms with E-state index in [-0.39, 0.29) is 12.4 Å². The molecule has 0 atom stereocenters. The first-order valence-corrected chi connectivity index (χ1v) is 9.54. The van der Waals surface area contributed by atoms with Gasteiger partial charge in [0.15, 0.2) is 0 Å². The van der Waals surface area contributed by atoms with E-state index in [2.05, 4.69) is 10.1 Å². The lowest BCUT2D eigenvalue weighted by atomic mass is 10.0. The molecule has 0 aliphatic heterocycles. The molecular formula is C22H24F3NO3. The predicted molar refractivity (Wildman–Crippen MR) is 104 cm³/mol. The van der Waals surface area contributed by atoms with Crippen molar-refractivity contribution in [2.24, 2.45) is 0 Å². The third-order valence-electron chi connectivity index (χ3n) is 5.15. The second kappa shape index (κ2) is 8.35. The van der Waals surface area contributed by atoms with Crippen molar-refractivity contribution in [2.45, 2.75) is 51.8 Å². The number of benzene rings is 2. The molecule has 0 radical (unpaired) electrons. The zero-order valence-electron chi connectivity index (χ0n) is 16.7. The van der Waals surface area contributed by atoms with Gasteiger partial charge in [0.2, 0.25) is 0 Å². The van der Waals surface area contributed by atoms with Crippen molar-refractivity contribution >= 4 is 11.8 Å². The molecule has 1 saturated carbocycles. The van der Waals surface area contributed by atoms with Gasteiger partial charge >= 0.3 is 12.3 Å². The highest BCUT2D eigenvalue weighted by Gasteiger charge is 2.35. The maximum atomic E-state index is 13.6.